The molecule has 34 heavy (non-hydrogen) atoms. The second-order valence-corrected chi connectivity index (χ2v) is 8.84. The van der Waals surface area contributed by atoms with Gasteiger partial charge in [0.2, 0.25) is 0 Å². The van der Waals surface area contributed by atoms with Gasteiger partial charge < -0.3 is 21.3 Å². The van der Waals surface area contributed by atoms with Crippen LogP contribution in [-0.2, 0) is 15.8 Å². The van der Waals surface area contributed by atoms with E-state index in [9.17, 15) is 22.8 Å². The summed E-state index contributed by atoms with van der Waals surface area (Å²) in [6.45, 7) is 8.97. The molecule has 1 aromatic rings. The van der Waals surface area contributed by atoms with E-state index in [0.717, 1.165) is 38.1 Å². The Morgan fingerprint density at radius 1 is 1.09 bits per heavy atom. The van der Waals surface area contributed by atoms with Crippen LogP contribution in [0.25, 0.3) is 5.57 Å². The van der Waals surface area contributed by atoms with Crippen molar-refractivity contribution in [1.82, 2.24) is 9.80 Å². The lowest BCUT2D eigenvalue weighted by molar-refractivity contribution is -0.137. The van der Waals surface area contributed by atoms with Crippen LogP contribution in [0.4, 0.5) is 13.2 Å². The summed E-state index contributed by atoms with van der Waals surface area (Å²) in [6, 6.07) is 4.93. The fraction of sp³-hybridized carbons (Fsp3) is 0.440. The molecule has 3 rings (SSSR count). The van der Waals surface area contributed by atoms with Crippen molar-refractivity contribution in [3.8, 4) is 0 Å². The first-order valence-corrected chi connectivity index (χ1v) is 11.4. The van der Waals surface area contributed by atoms with Gasteiger partial charge in [0, 0.05) is 30.3 Å². The predicted octanol–water partition coefficient (Wildman–Crippen LogP) is 3.45. The number of alkyl halides is 3. The fourth-order valence-corrected chi connectivity index (χ4v) is 4.52. The third kappa shape index (κ3) is 5.88. The van der Waals surface area contributed by atoms with Crippen molar-refractivity contribution < 1.29 is 22.8 Å². The normalized spacial score (nSPS) is 19.2. The van der Waals surface area contributed by atoms with Crippen molar-refractivity contribution in [3.05, 3.63) is 64.9 Å². The van der Waals surface area contributed by atoms with Gasteiger partial charge in [-0.05, 0) is 75.0 Å². The van der Waals surface area contributed by atoms with E-state index >= 15 is 0 Å². The molecule has 184 valence electrons. The second kappa shape index (κ2) is 10.5. The number of amides is 2. The summed E-state index contributed by atoms with van der Waals surface area (Å²) in [4.78, 5) is 29.0. The molecule has 2 amide bonds. The van der Waals surface area contributed by atoms with E-state index in [2.05, 4.69) is 11.5 Å². The molecule has 9 heteroatoms. The molecule has 4 N–H and O–H groups in total. The summed E-state index contributed by atoms with van der Waals surface area (Å²) in [5, 5.41) is 0. The van der Waals surface area contributed by atoms with Crippen LogP contribution in [0, 0.1) is 0 Å². The zero-order valence-corrected chi connectivity index (χ0v) is 19.3. The number of piperidine rings is 1. The molecule has 2 aliphatic heterocycles. The molecule has 6 nitrogen and oxygen atoms in total. The van der Waals surface area contributed by atoms with E-state index in [0.29, 0.717) is 24.7 Å². The summed E-state index contributed by atoms with van der Waals surface area (Å²) in [7, 11) is 0. The lowest BCUT2D eigenvalue weighted by Gasteiger charge is -2.37. The summed E-state index contributed by atoms with van der Waals surface area (Å²) in [5.74, 6) is -1.22. The lowest BCUT2D eigenvalue weighted by Crippen LogP contribution is -2.46. The Labute approximate surface area is 197 Å². The van der Waals surface area contributed by atoms with Crippen LogP contribution in [0.3, 0.4) is 0 Å². The largest absolute Gasteiger partial charge is 0.416 e. The Morgan fingerprint density at radius 3 is 2.26 bits per heavy atom. The first-order chi connectivity index (χ1) is 16.0. The van der Waals surface area contributed by atoms with Crippen molar-refractivity contribution >= 4 is 17.4 Å². The minimum atomic E-state index is -4.57. The lowest BCUT2D eigenvalue weighted by atomic mass is 9.96. The second-order valence-electron chi connectivity index (χ2n) is 8.84. The van der Waals surface area contributed by atoms with Crippen LogP contribution >= 0.6 is 0 Å². The molecule has 0 aromatic heterocycles. The highest BCUT2D eigenvalue weighted by Crippen LogP contribution is 2.32. The van der Waals surface area contributed by atoms with Crippen LogP contribution < -0.4 is 11.5 Å². The van der Waals surface area contributed by atoms with E-state index in [1.165, 1.54) is 31.1 Å². The molecule has 0 bridgehead atoms. The minimum Gasteiger partial charge on any atom is -0.394 e. The molecule has 0 atom stereocenters. The van der Waals surface area contributed by atoms with Crippen LogP contribution in [-0.4, -0.2) is 53.8 Å². The van der Waals surface area contributed by atoms with E-state index in [1.807, 2.05) is 0 Å². The van der Waals surface area contributed by atoms with Crippen molar-refractivity contribution in [3.63, 3.8) is 0 Å². The van der Waals surface area contributed by atoms with Crippen LogP contribution in [0.5, 0.6) is 0 Å². The Balaban J connectivity index is 1.79. The molecule has 0 unspecified atom stereocenters. The zero-order valence-electron chi connectivity index (χ0n) is 19.3. The molecule has 0 spiro atoms. The van der Waals surface area contributed by atoms with E-state index in [-0.39, 0.29) is 22.6 Å². The van der Waals surface area contributed by atoms with Gasteiger partial charge in [-0.3, -0.25) is 9.59 Å². The molecule has 0 aliphatic carbocycles. The average molecular weight is 477 g/mol. The Hall–Kier alpha value is -3.07. The number of carbonyl (C=O) groups excluding carboxylic acids is 2. The van der Waals surface area contributed by atoms with Crippen molar-refractivity contribution in [2.45, 2.75) is 44.8 Å². The number of hydrogen-bond acceptors (Lipinski definition) is 4. The monoisotopic (exact) mass is 476 g/mol. The van der Waals surface area contributed by atoms with E-state index in [4.69, 9.17) is 11.5 Å². The quantitative estimate of drug-likeness (QED) is 0.486. The fourth-order valence-electron chi connectivity index (χ4n) is 4.52. The highest BCUT2D eigenvalue weighted by molar-refractivity contribution is 6.03. The number of halogens is 3. The first kappa shape index (κ1) is 25.6. The summed E-state index contributed by atoms with van der Waals surface area (Å²) < 4.78 is 39.6. The van der Waals surface area contributed by atoms with Gasteiger partial charge in [-0.15, -0.1) is 0 Å². The van der Waals surface area contributed by atoms with Crippen molar-refractivity contribution in [1.29, 1.82) is 0 Å². The van der Waals surface area contributed by atoms with E-state index < -0.39 is 23.3 Å². The van der Waals surface area contributed by atoms with Crippen LogP contribution in [0.1, 0.15) is 43.7 Å². The zero-order chi connectivity index (χ0) is 25.0. The van der Waals surface area contributed by atoms with Crippen LogP contribution in [0.2, 0.25) is 0 Å². The smallest absolute Gasteiger partial charge is 0.394 e. The Morgan fingerprint density at radius 2 is 1.71 bits per heavy atom. The standard InChI is InChI=1S/C25H31F3N4O2/c1-16(17(2)24(34)32-12-8-20(9-13-32)31-10-3-4-11-31)14-21(22(29)23(30)33)18-6-5-7-19(15-18)25(26,27)28/h5-7,14-15,20H,2-4,8-13,29H2,1H3,(H2,30,33)/b16-14-,22-21+. The van der Waals surface area contributed by atoms with Gasteiger partial charge in [0.1, 0.15) is 5.70 Å². The Bertz CT molecular complexity index is 1020. The van der Waals surface area contributed by atoms with Crippen molar-refractivity contribution in [2.75, 3.05) is 26.2 Å². The molecule has 0 radical (unpaired) electrons. The summed E-state index contributed by atoms with van der Waals surface area (Å²) in [5.41, 5.74) is 10.5. The maximum atomic E-state index is 13.2. The number of primary amides is 1. The van der Waals surface area contributed by atoms with Gasteiger partial charge in [-0.2, -0.15) is 13.2 Å². The third-order valence-corrected chi connectivity index (χ3v) is 6.56. The maximum absolute atomic E-state index is 13.2. The number of nitrogens with two attached hydrogens (primary N) is 2. The minimum absolute atomic E-state index is 0.0118. The molecule has 1 aromatic carbocycles. The molecular weight excluding hydrogens is 445 g/mol. The van der Waals surface area contributed by atoms with Gasteiger partial charge in [-0.1, -0.05) is 18.7 Å². The van der Waals surface area contributed by atoms with Gasteiger partial charge in [0.25, 0.3) is 11.8 Å². The van der Waals surface area contributed by atoms with Gasteiger partial charge >= 0.3 is 6.18 Å². The van der Waals surface area contributed by atoms with Crippen LogP contribution in [0.15, 0.2) is 53.8 Å². The Kier molecular flexibility index (Phi) is 7.86. The predicted molar refractivity (Wildman–Crippen MR) is 125 cm³/mol. The number of rotatable bonds is 6. The third-order valence-electron chi connectivity index (χ3n) is 6.56. The number of allylic oxidation sites excluding steroid dienone is 2. The average Bonchev–Trinajstić information content (AvgIpc) is 3.35. The number of benzene rings is 1. The highest BCUT2D eigenvalue weighted by atomic mass is 19.4. The molecule has 2 saturated heterocycles. The summed E-state index contributed by atoms with van der Waals surface area (Å²) in [6.07, 6.45) is 1.05. The molecular formula is C25H31F3N4O2. The number of likely N-dealkylation sites (tertiary alicyclic amines) is 2. The molecule has 0 saturated carbocycles. The highest BCUT2D eigenvalue weighted by Gasteiger charge is 2.31. The SMILES string of the molecule is C=C(C(=O)N1CCC(N2CCCC2)CC1)/C(C)=C\C(=C(/N)C(N)=O)c1cccc(C(F)(F)F)c1. The number of hydrogen-bond donors (Lipinski definition) is 2. The van der Waals surface area contributed by atoms with Crippen molar-refractivity contribution in [2.24, 2.45) is 11.5 Å². The molecule has 2 aliphatic rings. The topological polar surface area (TPSA) is 92.7 Å². The maximum Gasteiger partial charge on any atom is 0.416 e. The first-order valence-electron chi connectivity index (χ1n) is 11.4. The molecule has 2 heterocycles. The van der Waals surface area contributed by atoms with Gasteiger partial charge in [0.15, 0.2) is 0 Å². The summed E-state index contributed by atoms with van der Waals surface area (Å²) >= 11 is 0. The molecule has 2 fully saturated rings. The van der Waals surface area contributed by atoms with Gasteiger partial charge in [-0.25, -0.2) is 0 Å². The number of carbonyl (C=O) groups is 2. The number of nitrogens with zero attached hydrogens (tertiary/aromatic N) is 2. The van der Waals surface area contributed by atoms with E-state index in [1.54, 1.807) is 11.8 Å². The van der Waals surface area contributed by atoms with Gasteiger partial charge in [0.05, 0.1) is 5.56 Å².